The molecule has 0 spiro atoms. The lowest BCUT2D eigenvalue weighted by atomic mass is 10.2. The van der Waals surface area contributed by atoms with Crippen molar-refractivity contribution in [1.82, 2.24) is 10.6 Å². The van der Waals surface area contributed by atoms with Gasteiger partial charge in [0.15, 0.2) is 0 Å². The molecule has 0 aromatic heterocycles. The molecule has 0 unspecified atom stereocenters. The van der Waals surface area contributed by atoms with Gasteiger partial charge in [-0.05, 0) is 31.2 Å². The van der Waals surface area contributed by atoms with Gasteiger partial charge in [0, 0.05) is 12.2 Å². The molecular formula is C12H15N3O4. The number of amides is 3. The monoisotopic (exact) mass is 265 g/mol. The summed E-state index contributed by atoms with van der Waals surface area (Å²) >= 11 is 0. The zero-order chi connectivity index (χ0) is 14.3. The van der Waals surface area contributed by atoms with Crippen molar-refractivity contribution >= 4 is 23.6 Å². The summed E-state index contributed by atoms with van der Waals surface area (Å²) in [5, 5.41) is 16.1. The summed E-state index contributed by atoms with van der Waals surface area (Å²) in [6.07, 6.45) is 0. The number of urea groups is 1. The van der Waals surface area contributed by atoms with Gasteiger partial charge < -0.3 is 21.1 Å². The van der Waals surface area contributed by atoms with Crippen molar-refractivity contribution in [2.75, 3.05) is 18.4 Å². The first-order valence-corrected chi connectivity index (χ1v) is 5.68. The molecule has 0 radical (unpaired) electrons. The second kappa shape index (κ2) is 7.00. The fraction of sp³-hybridized carbons (Fsp3) is 0.250. The van der Waals surface area contributed by atoms with Gasteiger partial charge in [-0.25, -0.2) is 9.59 Å². The second-order valence-electron chi connectivity index (χ2n) is 3.64. The first kappa shape index (κ1) is 14.5. The lowest BCUT2D eigenvalue weighted by molar-refractivity contribution is -0.119. The lowest BCUT2D eigenvalue weighted by Gasteiger charge is -2.07. The van der Waals surface area contributed by atoms with E-state index in [0.29, 0.717) is 12.2 Å². The van der Waals surface area contributed by atoms with E-state index in [2.05, 4.69) is 16.0 Å². The molecule has 4 N–H and O–H groups in total. The van der Waals surface area contributed by atoms with Gasteiger partial charge in [0.2, 0.25) is 5.91 Å². The Hall–Kier alpha value is -2.57. The summed E-state index contributed by atoms with van der Waals surface area (Å²) in [5.41, 5.74) is 0.576. The predicted molar refractivity (Wildman–Crippen MR) is 69.1 cm³/mol. The Kier molecular flexibility index (Phi) is 5.34. The molecule has 1 aromatic rings. The van der Waals surface area contributed by atoms with Crippen molar-refractivity contribution in [1.29, 1.82) is 0 Å². The van der Waals surface area contributed by atoms with Crippen LogP contribution in [0.4, 0.5) is 10.5 Å². The molecule has 0 bridgehead atoms. The number of aromatic carboxylic acids is 1. The number of carboxylic acids is 1. The summed E-state index contributed by atoms with van der Waals surface area (Å²) < 4.78 is 0. The van der Waals surface area contributed by atoms with E-state index in [1.165, 1.54) is 24.3 Å². The van der Waals surface area contributed by atoms with Gasteiger partial charge in [-0.2, -0.15) is 0 Å². The van der Waals surface area contributed by atoms with E-state index in [1.54, 1.807) is 6.92 Å². The molecule has 0 aliphatic carbocycles. The second-order valence-corrected chi connectivity index (χ2v) is 3.64. The van der Waals surface area contributed by atoms with Crippen LogP contribution in [0.5, 0.6) is 0 Å². The minimum Gasteiger partial charge on any atom is -0.478 e. The number of anilines is 1. The number of benzene rings is 1. The number of likely N-dealkylation sites (N-methyl/N-ethyl adjacent to an activating group) is 1. The molecule has 0 aliphatic rings. The standard InChI is InChI=1S/C12H15N3O4/c1-2-13-10(16)7-14-12(19)15-9-5-3-8(4-6-9)11(17)18/h3-6H,2,7H2,1H3,(H,13,16)(H,17,18)(H2,14,15,19). The van der Waals surface area contributed by atoms with Crippen LogP contribution in [0.15, 0.2) is 24.3 Å². The van der Waals surface area contributed by atoms with Crippen molar-refractivity contribution < 1.29 is 19.5 Å². The average molecular weight is 265 g/mol. The minimum atomic E-state index is -1.03. The Morgan fingerprint density at radius 2 is 1.74 bits per heavy atom. The molecule has 102 valence electrons. The van der Waals surface area contributed by atoms with Gasteiger partial charge in [-0.3, -0.25) is 4.79 Å². The summed E-state index contributed by atoms with van der Waals surface area (Å²) in [6.45, 7) is 2.16. The van der Waals surface area contributed by atoms with Crippen LogP contribution >= 0.6 is 0 Å². The molecule has 0 saturated heterocycles. The molecule has 7 nitrogen and oxygen atoms in total. The van der Waals surface area contributed by atoms with Crippen LogP contribution in [-0.2, 0) is 4.79 Å². The summed E-state index contributed by atoms with van der Waals surface area (Å²) in [4.78, 5) is 33.2. The van der Waals surface area contributed by atoms with Crippen molar-refractivity contribution in [3.8, 4) is 0 Å². The van der Waals surface area contributed by atoms with Crippen LogP contribution in [0.1, 0.15) is 17.3 Å². The van der Waals surface area contributed by atoms with E-state index in [0.717, 1.165) is 0 Å². The molecule has 0 saturated carbocycles. The van der Waals surface area contributed by atoms with Gasteiger partial charge in [0.05, 0.1) is 12.1 Å². The average Bonchev–Trinajstić information content (AvgIpc) is 2.37. The molecule has 19 heavy (non-hydrogen) atoms. The largest absolute Gasteiger partial charge is 0.478 e. The Morgan fingerprint density at radius 1 is 1.11 bits per heavy atom. The van der Waals surface area contributed by atoms with E-state index < -0.39 is 12.0 Å². The van der Waals surface area contributed by atoms with E-state index in [4.69, 9.17) is 5.11 Å². The molecule has 1 rings (SSSR count). The highest BCUT2D eigenvalue weighted by Crippen LogP contribution is 2.09. The maximum Gasteiger partial charge on any atom is 0.335 e. The van der Waals surface area contributed by atoms with Crippen LogP contribution in [0.25, 0.3) is 0 Å². The van der Waals surface area contributed by atoms with Crippen molar-refractivity contribution in [3.63, 3.8) is 0 Å². The predicted octanol–water partition coefficient (Wildman–Crippen LogP) is 0.642. The van der Waals surface area contributed by atoms with Gasteiger partial charge >= 0.3 is 12.0 Å². The van der Waals surface area contributed by atoms with E-state index in [1.807, 2.05) is 0 Å². The van der Waals surface area contributed by atoms with Crippen molar-refractivity contribution in [2.24, 2.45) is 0 Å². The number of carbonyl (C=O) groups is 3. The van der Waals surface area contributed by atoms with Gasteiger partial charge in [0.1, 0.15) is 0 Å². The van der Waals surface area contributed by atoms with E-state index in [-0.39, 0.29) is 18.0 Å². The minimum absolute atomic E-state index is 0.118. The first-order valence-electron chi connectivity index (χ1n) is 5.68. The highest BCUT2D eigenvalue weighted by molar-refractivity contribution is 5.93. The SMILES string of the molecule is CCNC(=O)CNC(=O)Nc1ccc(C(=O)O)cc1. The number of carbonyl (C=O) groups excluding carboxylic acids is 2. The number of hydrogen-bond donors (Lipinski definition) is 4. The zero-order valence-corrected chi connectivity index (χ0v) is 10.4. The molecular weight excluding hydrogens is 250 g/mol. The Bertz CT molecular complexity index is 470. The number of rotatable bonds is 5. The summed E-state index contributed by atoms with van der Waals surface area (Å²) in [6, 6.07) is 5.16. The molecule has 0 aliphatic heterocycles. The van der Waals surface area contributed by atoms with E-state index >= 15 is 0 Å². The number of carboxylic acid groups (broad SMARTS) is 1. The molecule has 1 aromatic carbocycles. The fourth-order valence-electron chi connectivity index (χ4n) is 1.29. The fourth-order valence-corrected chi connectivity index (χ4v) is 1.29. The van der Waals surface area contributed by atoms with Crippen LogP contribution < -0.4 is 16.0 Å². The Morgan fingerprint density at radius 3 is 2.26 bits per heavy atom. The Balaban J connectivity index is 2.44. The summed E-state index contributed by atoms with van der Waals surface area (Å²) in [5.74, 6) is -1.31. The molecule has 7 heteroatoms. The van der Waals surface area contributed by atoms with Crippen molar-refractivity contribution in [3.05, 3.63) is 29.8 Å². The highest BCUT2D eigenvalue weighted by atomic mass is 16.4. The third kappa shape index (κ3) is 5.07. The molecule has 0 heterocycles. The molecule has 3 amide bonds. The number of hydrogen-bond acceptors (Lipinski definition) is 3. The van der Waals surface area contributed by atoms with Gasteiger partial charge in [-0.15, -0.1) is 0 Å². The maximum atomic E-state index is 11.4. The third-order valence-corrected chi connectivity index (χ3v) is 2.17. The maximum absolute atomic E-state index is 11.4. The normalized spacial score (nSPS) is 9.53. The zero-order valence-electron chi connectivity index (χ0n) is 10.4. The number of nitrogens with one attached hydrogen (secondary N) is 3. The first-order chi connectivity index (χ1) is 9.02. The lowest BCUT2D eigenvalue weighted by Crippen LogP contribution is -2.38. The van der Waals surface area contributed by atoms with E-state index in [9.17, 15) is 14.4 Å². The third-order valence-electron chi connectivity index (χ3n) is 2.17. The van der Waals surface area contributed by atoms with Crippen LogP contribution in [0.3, 0.4) is 0 Å². The quantitative estimate of drug-likeness (QED) is 0.626. The van der Waals surface area contributed by atoms with Crippen LogP contribution in [0, 0.1) is 0 Å². The smallest absolute Gasteiger partial charge is 0.335 e. The van der Waals surface area contributed by atoms with Gasteiger partial charge in [0.25, 0.3) is 0 Å². The van der Waals surface area contributed by atoms with Crippen LogP contribution in [0.2, 0.25) is 0 Å². The van der Waals surface area contributed by atoms with Crippen LogP contribution in [-0.4, -0.2) is 36.1 Å². The Labute approximate surface area is 110 Å². The topological polar surface area (TPSA) is 108 Å². The summed E-state index contributed by atoms with van der Waals surface area (Å²) in [7, 11) is 0. The van der Waals surface area contributed by atoms with Crippen molar-refractivity contribution in [2.45, 2.75) is 6.92 Å². The van der Waals surface area contributed by atoms with Gasteiger partial charge in [-0.1, -0.05) is 0 Å². The molecule has 0 fully saturated rings. The highest BCUT2D eigenvalue weighted by Gasteiger charge is 2.06. The molecule has 0 atom stereocenters.